The summed E-state index contributed by atoms with van der Waals surface area (Å²) in [6.45, 7) is 2.12. The van der Waals surface area contributed by atoms with Crippen LogP contribution in [0.15, 0.2) is 53.5 Å². The van der Waals surface area contributed by atoms with E-state index in [9.17, 15) is 4.79 Å². The minimum Gasteiger partial charge on any atom is -0.497 e. The molecule has 0 aliphatic carbocycles. The lowest BCUT2D eigenvalue weighted by Crippen LogP contribution is -2.39. The highest BCUT2D eigenvalue weighted by Gasteiger charge is 2.33. The van der Waals surface area contributed by atoms with Crippen molar-refractivity contribution in [1.82, 2.24) is 4.90 Å². The summed E-state index contributed by atoms with van der Waals surface area (Å²) in [6, 6.07) is 15.7. The number of carbonyl (C=O) groups is 1. The van der Waals surface area contributed by atoms with E-state index in [0.29, 0.717) is 12.8 Å². The molecule has 0 unspecified atom stereocenters. The molecular formula is C22H26N2O3S. The molecule has 28 heavy (non-hydrogen) atoms. The number of nitrogens with zero attached hydrogens (tertiary/aromatic N) is 2. The highest BCUT2D eigenvalue weighted by molar-refractivity contribution is 8.14. The zero-order valence-electron chi connectivity index (χ0n) is 16.6. The number of aliphatic imine (C=N–C) groups is 1. The molecule has 1 heterocycles. The van der Waals surface area contributed by atoms with Gasteiger partial charge in [0.2, 0.25) is 5.91 Å². The van der Waals surface area contributed by atoms with E-state index in [0.717, 1.165) is 40.1 Å². The summed E-state index contributed by atoms with van der Waals surface area (Å²) >= 11 is 1.65. The van der Waals surface area contributed by atoms with Crippen molar-refractivity contribution in [3.63, 3.8) is 0 Å². The van der Waals surface area contributed by atoms with Crippen LogP contribution in [-0.4, -0.2) is 42.0 Å². The average Bonchev–Trinajstić information content (AvgIpc) is 3.15. The molecule has 0 radical (unpaired) electrons. The van der Waals surface area contributed by atoms with E-state index in [1.165, 1.54) is 0 Å². The molecule has 0 spiro atoms. The van der Waals surface area contributed by atoms with Crippen LogP contribution in [0.5, 0.6) is 11.5 Å². The maximum Gasteiger partial charge on any atom is 0.229 e. The monoisotopic (exact) mass is 398 g/mol. The number of ether oxygens (including phenoxy) is 2. The molecule has 5 nitrogen and oxygen atoms in total. The van der Waals surface area contributed by atoms with Gasteiger partial charge in [-0.25, -0.2) is 4.99 Å². The number of amidine groups is 1. The fourth-order valence-corrected chi connectivity index (χ4v) is 4.39. The van der Waals surface area contributed by atoms with Crippen LogP contribution in [0.2, 0.25) is 0 Å². The van der Waals surface area contributed by atoms with Gasteiger partial charge in [-0.05, 0) is 54.8 Å². The number of thioether (sulfide) groups is 1. The molecule has 0 saturated carbocycles. The summed E-state index contributed by atoms with van der Waals surface area (Å²) in [6.07, 6.45) is 2.09. The molecule has 1 fully saturated rings. The smallest absolute Gasteiger partial charge is 0.229 e. The van der Waals surface area contributed by atoms with E-state index >= 15 is 0 Å². The molecule has 148 valence electrons. The van der Waals surface area contributed by atoms with Gasteiger partial charge in [-0.15, -0.1) is 0 Å². The summed E-state index contributed by atoms with van der Waals surface area (Å²) in [5.74, 6) is 2.63. The Kier molecular flexibility index (Phi) is 6.98. The Morgan fingerprint density at radius 1 is 1.07 bits per heavy atom. The Bertz CT molecular complexity index is 819. The molecule has 1 atom stereocenters. The first-order valence-corrected chi connectivity index (χ1v) is 10.4. The van der Waals surface area contributed by atoms with Crippen LogP contribution in [0.4, 0.5) is 5.69 Å². The number of hydrogen-bond donors (Lipinski definition) is 0. The molecule has 1 aliphatic rings. The molecule has 6 heteroatoms. The van der Waals surface area contributed by atoms with Crippen LogP contribution in [0.25, 0.3) is 0 Å². The van der Waals surface area contributed by atoms with Crippen molar-refractivity contribution in [2.45, 2.75) is 32.2 Å². The van der Waals surface area contributed by atoms with E-state index in [1.54, 1.807) is 26.0 Å². The van der Waals surface area contributed by atoms with Crippen molar-refractivity contribution in [2.24, 2.45) is 4.99 Å². The second-order valence-corrected chi connectivity index (χ2v) is 7.56. The zero-order chi connectivity index (χ0) is 19.9. The van der Waals surface area contributed by atoms with Gasteiger partial charge in [0.1, 0.15) is 11.5 Å². The van der Waals surface area contributed by atoms with E-state index < -0.39 is 0 Å². The van der Waals surface area contributed by atoms with Gasteiger partial charge < -0.3 is 9.47 Å². The predicted molar refractivity (Wildman–Crippen MR) is 115 cm³/mol. The van der Waals surface area contributed by atoms with Crippen LogP contribution in [-0.2, 0) is 11.2 Å². The summed E-state index contributed by atoms with van der Waals surface area (Å²) in [7, 11) is 3.29. The Hall–Kier alpha value is -2.47. The summed E-state index contributed by atoms with van der Waals surface area (Å²) < 4.78 is 10.4. The third kappa shape index (κ3) is 4.87. The summed E-state index contributed by atoms with van der Waals surface area (Å²) in [4.78, 5) is 19.6. The maximum absolute atomic E-state index is 13.0. The van der Waals surface area contributed by atoms with Crippen LogP contribution >= 0.6 is 11.8 Å². The van der Waals surface area contributed by atoms with Gasteiger partial charge >= 0.3 is 0 Å². The fourth-order valence-electron chi connectivity index (χ4n) is 3.10. The van der Waals surface area contributed by atoms with Gasteiger partial charge in [0.15, 0.2) is 5.17 Å². The molecule has 0 N–H and O–H groups in total. The fraction of sp³-hybridized carbons (Fsp3) is 0.364. The lowest BCUT2D eigenvalue weighted by Gasteiger charge is -2.23. The third-order valence-corrected chi connectivity index (χ3v) is 5.90. The number of benzene rings is 2. The van der Waals surface area contributed by atoms with Crippen LogP contribution in [0.3, 0.4) is 0 Å². The van der Waals surface area contributed by atoms with E-state index in [-0.39, 0.29) is 11.9 Å². The van der Waals surface area contributed by atoms with E-state index in [4.69, 9.17) is 14.5 Å². The minimum absolute atomic E-state index is 0.125. The largest absolute Gasteiger partial charge is 0.497 e. The molecule has 0 bridgehead atoms. The van der Waals surface area contributed by atoms with Crippen molar-refractivity contribution in [2.75, 3.05) is 20.0 Å². The number of methoxy groups -OCH3 is 2. The molecule has 0 aromatic heterocycles. The van der Waals surface area contributed by atoms with Gasteiger partial charge in [0.05, 0.1) is 19.9 Å². The number of hydrogen-bond acceptors (Lipinski definition) is 5. The minimum atomic E-state index is 0.125. The van der Waals surface area contributed by atoms with Crippen molar-refractivity contribution in [3.8, 4) is 11.5 Å². The van der Waals surface area contributed by atoms with E-state index in [1.807, 2.05) is 53.4 Å². The predicted octanol–water partition coefficient (Wildman–Crippen LogP) is 4.68. The Labute approximate surface area is 170 Å². The van der Waals surface area contributed by atoms with Gasteiger partial charge in [0.25, 0.3) is 0 Å². The Balaban J connectivity index is 1.71. The van der Waals surface area contributed by atoms with Gasteiger partial charge in [-0.1, -0.05) is 30.8 Å². The average molecular weight is 399 g/mol. The molecule has 1 amide bonds. The number of amides is 1. The molecular weight excluding hydrogens is 372 g/mol. The highest BCUT2D eigenvalue weighted by Crippen LogP contribution is 2.30. The molecule has 2 aromatic rings. The quantitative estimate of drug-likeness (QED) is 0.680. The number of carbonyl (C=O) groups excluding carboxylic acids is 1. The van der Waals surface area contributed by atoms with Gasteiger partial charge in [-0.3, -0.25) is 9.69 Å². The third-order valence-electron chi connectivity index (χ3n) is 4.80. The molecule has 2 aromatic carbocycles. The number of aryl methyl sites for hydroxylation is 1. The van der Waals surface area contributed by atoms with Crippen molar-refractivity contribution < 1.29 is 14.3 Å². The topological polar surface area (TPSA) is 51.1 Å². The normalized spacial score (nSPS) is 17.8. The maximum atomic E-state index is 13.0. The lowest BCUT2D eigenvalue weighted by atomic mass is 10.1. The van der Waals surface area contributed by atoms with E-state index in [2.05, 4.69) is 6.92 Å². The second kappa shape index (κ2) is 9.64. The highest BCUT2D eigenvalue weighted by atomic mass is 32.2. The van der Waals surface area contributed by atoms with Crippen LogP contribution in [0, 0.1) is 0 Å². The lowest BCUT2D eigenvalue weighted by molar-refractivity contribution is -0.128. The number of rotatable bonds is 7. The molecule has 1 aliphatic heterocycles. The molecule has 1 saturated heterocycles. The van der Waals surface area contributed by atoms with Crippen molar-refractivity contribution >= 4 is 28.5 Å². The zero-order valence-corrected chi connectivity index (χ0v) is 17.4. The Morgan fingerprint density at radius 3 is 2.25 bits per heavy atom. The first-order chi connectivity index (χ1) is 13.6. The second-order valence-electron chi connectivity index (χ2n) is 6.58. The van der Waals surface area contributed by atoms with Gasteiger partial charge in [-0.2, -0.15) is 0 Å². The SMILES string of the molecule is CC[C@@H]1CSC(=Nc2ccc(OC)cc2)N1C(=O)CCc1ccc(OC)cc1. The van der Waals surface area contributed by atoms with Crippen LogP contribution in [0.1, 0.15) is 25.3 Å². The van der Waals surface area contributed by atoms with Gasteiger partial charge in [0, 0.05) is 18.2 Å². The van der Waals surface area contributed by atoms with Crippen molar-refractivity contribution in [3.05, 3.63) is 54.1 Å². The first kappa shape index (κ1) is 20.3. The Morgan fingerprint density at radius 2 is 1.68 bits per heavy atom. The van der Waals surface area contributed by atoms with Crippen LogP contribution < -0.4 is 9.47 Å². The van der Waals surface area contributed by atoms with Crippen molar-refractivity contribution in [1.29, 1.82) is 0 Å². The summed E-state index contributed by atoms with van der Waals surface area (Å²) in [5, 5.41) is 0.789. The first-order valence-electron chi connectivity index (χ1n) is 9.45. The standard InChI is InChI=1S/C22H26N2O3S/c1-4-18-15-28-22(23-17-8-12-20(27-3)13-9-17)24(18)21(25)14-7-16-5-10-19(26-2)11-6-16/h5-6,8-13,18H,4,7,14-15H2,1-3H3/t18-/m1/s1. The molecule has 3 rings (SSSR count). The summed E-state index contributed by atoms with van der Waals surface area (Å²) in [5.41, 5.74) is 1.95.